The van der Waals surface area contributed by atoms with Crippen LogP contribution in [0.15, 0.2) is 12.3 Å². The molecule has 100 valence electrons. The van der Waals surface area contributed by atoms with Crippen molar-refractivity contribution in [3.8, 4) is 0 Å². The highest BCUT2D eigenvalue weighted by molar-refractivity contribution is 5.33. The molecule has 2 rings (SSSR count). The van der Waals surface area contributed by atoms with E-state index in [1.54, 1.807) is 6.20 Å². The van der Waals surface area contributed by atoms with Crippen molar-refractivity contribution >= 4 is 5.82 Å². The number of aliphatic hydroxyl groups is 1. The van der Waals surface area contributed by atoms with E-state index < -0.39 is 5.60 Å². The summed E-state index contributed by atoms with van der Waals surface area (Å²) >= 11 is 0. The Morgan fingerprint density at radius 2 is 2.17 bits per heavy atom. The second kappa shape index (κ2) is 5.65. The Hall–Kier alpha value is -1.16. The van der Waals surface area contributed by atoms with Gasteiger partial charge in [-0.1, -0.05) is 13.3 Å². The number of hydrogen-bond acceptors (Lipinski definition) is 4. The SMILES string of the molecule is CCC1CCC(O)(CNc2ccnc(C)n2)CC1. The van der Waals surface area contributed by atoms with Gasteiger partial charge in [0, 0.05) is 12.7 Å². The van der Waals surface area contributed by atoms with Crippen molar-refractivity contribution in [2.24, 2.45) is 5.92 Å². The van der Waals surface area contributed by atoms with Crippen molar-refractivity contribution < 1.29 is 5.11 Å². The van der Waals surface area contributed by atoms with Gasteiger partial charge in [0.1, 0.15) is 11.6 Å². The first-order valence-corrected chi connectivity index (χ1v) is 6.87. The maximum absolute atomic E-state index is 10.5. The van der Waals surface area contributed by atoms with Gasteiger partial charge in [0.05, 0.1) is 5.60 Å². The summed E-state index contributed by atoms with van der Waals surface area (Å²) in [5.41, 5.74) is -0.565. The standard InChI is InChI=1S/C14H23N3O/c1-3-12-4-7-14(18,8-5-12)10-16-13-6-9-15-11(2)17-13/h6,9,12,18H,3-5,7-8,10H2,1-2H3,(H,15,16,17). The number of rotatable bonds is 4. The summed E-state index contributed by atoms with van der Waals surface area (Å²) in [6.07, 6.45) is 7.03. The van der Waals surface area contributed by atoms with E-state index in [2.05, 4.69) is 22.2 Å². The summed E-state index contributed by atoms with van der Waals surface area (Å²) in [7, 11) is 0. The smallest absolute Gasteiger partial charge is 0.129 e. The fourth-order valence-electron chi connectivity index (χ4n) is 2.61. The van der Waals surface area contributed by atoms with Crippen molar-refractivity contribution in [2.45, 2.75) is 51.6 Å². The number of anilines is 1. The quantitative estimate of drug-likeness (QED) is 0.861. The second-order valence-electron chi connectivity index (χ2n) is 5.42. The van der Waals surface area contributed by atoms with Crippen LogP contribution in [0.25, 0.3) is 0 Å². The lowest BCUT2D eigenvalue weighted by Crippen LogP contribution is -2.40. The minimum absolute atomic E-state index is 0.565. The zero-order chi connectivity index (χ0) is 13.0. The molecule has 1 saturated carbocycles. The molecule has 0 bridgehead atoms. The Morgan fingerprint density at radius 3 is 2.78 bits per heavy atom. The second-order valence-corrected chi connectivity index (χ2v) is 5.42. The predicted molar refractivity (Wildman–Crippen MR) is 72.5 cm³/mol. The van der Waals surface area contributed by atoms with Crippen molar-refractivity contribution in [1.82, 2.24) is 9.97 Å². The van der Waals surface area contributed by atoms with Crippen LogP contribution in [-0.2, 0) is 0 Å². The van der Waals surface area contributed by atoms with Crippen molar-refractivity contribution in [1.29, 1.82) is 0 Å². The molecule has 1 aliphatic rings. The molecule has 0 aromatic carbocycles. The van der Waals surface area contributed by atoms with Crippen LogP contribution in [0.2, 0.25) is 0 Å². The summed E-state index contributed by atoms with van der Waals surface area (Å²) in [5.74, 6) is 2.35. The number of nitrogens with one attached hydrogen (secondary N) is 1. The summed E-state index contributed by atoms with van der Waals surface area (Å²) in [6.45, 7) is 4.68. The Balaban J connectivity index is 1.86. The van der Waals surface area contributed by atoms with E-state index in [1.807, 2.05) is 13.0 Å². The van der Waals surface area contributed by atoms with Crippen molar-refractivity contribution in [2.75, 3.05) is 11.9 Å². The summed E-state index contributed by atoms with van der Waals surface area (Å²) in [4.78, 5) is 8.35. The van der Waals surface area contributed by atoms with E-state index in [-0.39, 0.29) is 0 Å². The van der Waals surface area contributed by atoms with Crippen LogP contribution in [0.4, 0.5) is 5.82 Å². The third-order valence-corrected chi connectivity index (χ3v) is 3.99. The lowest BCUT2D eigenvalue weighted by Gasteiger charge is -2.36. The normalized spacial score (nSPS) is 28.1. The molecule has 0 saturated heterocycles. The molecule has 1 aliphatic carbocycles. The van der Waals surface area contributed by atoms with E-state index in [0.29, 0.717) is 6.54 Å². The van der Waals surface area contributed by atoms with Crippen LogP contribution in [0.1, 0.15) is 44.9 Å². The van der Waals surface area contributed by atoms with Gasteiger partial charge in [0.25, 0.3) is 0 Å². The van der Waals surface area contributed by atoms with Gasteiger partial charge in [-0.3, -0.25) is 0 Å². The van der Waals surface area contributed by atoms with Gasteiger partial charge >= 0.3 is 0 Å². The Morgan fingerprint density at radius 1 is 1.44 bits per heavy atom. The molecule has 0 spiro atoms. The van der Waals surface area contributed by atoms with Crippen LogP contribution < -0.4 is 5.32 Å². The molecule has 1 fully saturated rings. The highest BCUT2D eigenvalue weighted by atomic mass is 16.3. The van der Waals surface area contributed by atoms with Gasteiger partial charge in [0.15, 0.2) is 0 Å². The van der Waals surface area contributed by atoms with Crippen LogP contribution in [-0.4, -0.2) is 27.2 Å². The van der Waals surface area contributed by atoms with Crippen LogP contribution in [0.5, 0.6) is 0 Å². The Bertz CT molecular complexity index is 386. The van der Waals surface area contributed by atoms with Gasteiger partial charge in [0.2, 0.25) is 0 Å². The van der Waals surface area contributed by atoms with Gasteiger partial charge < -0.3 is 10.4 Å². The minimum atomic E-state index is -0.565. The molecule has 18 heavy (non-hydrogen) atoms. The molecular weight excluding hydrogens is 226 g/mol. The van der Waals surface area contributed by atoms with Crippen molar-refractivity contribution in [3.05, 3.63) is 18.1 Å². The molecule has 0 radical (unpaired) electrons. The highest BCUT2D eigenvalue weighted by Gasteiger charge is 2.32. The minimum Gasteiger partial charge on any atom is -0.388 e. The average Bonchev–Trinajstić information content (AvgIpc) is 2.38. The maximum atomic E-state index is 10.5. The lowest BCUT2D eigenvalue weighted by atomic mass is 9.78. The average molecular weight is 249 g/mol. The number of hydrogen-bond donors (Lipinski definition) is 2. The number of aryl methyl sites for hydroxylation is 1. The van der Waals surface area contributed by atoms with Gasteiger partial charge in [-0.15, -0.1) is 0 Å². The largest absolute Gasteiger partial charge is 0.388 e. The summed E-state index contributed by atoms with van der Waals surface area (Å²) in [5, 5.41) is 13.7. The summed E-state index contributed by atoms with van der Waals surface area (Å²) < 4.78 is 0. The molecule has 0 atom stereocenters. The highest BCUT2D eigenvalue weighted by Crippen LogP contribution is 2.33. The molecule has 2 N–H and O–H groups in total. The summed E-state index contributed by atoms with van der Waals surface area (Å²) in [6, 6.07) is 1.84. The topological polar surface area (TPSA) is 58.0 Å². The van der Waals surface area contributed by atoms with Crippen molar-refractivity contribution in [3.63, 3.8) is 0 Å². The number of nitrogens with zero attached hydrogens (tertiary/aromatic N) is 2. The fourth-order valence-corrected chi connectivity index (χ4v) is 2.61. The van der Waals surface area contributed by atoms with E-state index in [0.717, 1.165) is 43.2 Å². The van der Waals surface area contributed by atoms with Crippen LogP contribution in [0, 0.1) is 12.8 Å². The Kier molecular flexibility index (Phi) is 4.17. The monoisotopic (exact) mass is 249 g/mol. The zero-order valence-corrected chi connectivity index (χ0v) is 11.3. The molecule has 1 heterocycles. The maximum Gasteiger partial charge on any atom is 0.129 e. The fraction of sp³-hybridized carbons (Fsp3) is 0.714. The van der Waals surface area contributed by atoms with Crippen LogP contribution >= 0.6 is 0 Å². The number of aromatic nitrogens is 2. The first-order chi connectivity index (χ1) is 8.61. The van der Waals surface area contributed by atoms with Gasteiger partial charge in [-0.25, -0.2) is 9.97 Å². The van der Waals surface area contributed by atoms with Crippen LogP contribution in [0.3, 0.4) is 0 Å². The van der Waals surface area contributed by atoms with E-state index in [1.165, 1.54) is 6.42 Å². The molecule has 1 aromatic rings. The first kappa shape index (κ1) is 13.3. The third-order valence-electron chi connectivity index (χ3n) is 3.99. The Labute approximate surface area is 109 Å². The van der Waals surface area contributed by atoms with Gasteiger partial charge in [-0.05, 0) is 44.6 Å². The molecule has 0 unspecified atom stereocenters. The van der Waals surface area contributed by atoms with E-state index in [4.69, 9.17) is 0 Å². The zero-order valence-electron chi connectivity index (χ0n) is 11.3. The first-order valence-electron chi connectivity index (χ1n) is 6.87. The molecular formula is C14H23N3O. The molecule has 0 aliphatic heterocycles. The lowest BCUT2D eigenvalue weighted by molar-refractivity contribution is 0.00222. The van der Waals surface area contributed by atoms with E-state index in [9.17, 15) is 5.11 Å². The molecule has 4 heteroatoms. The predicted octanol–water partition coefficient (Wildman–Crippen LogP) is 2.53. The molecule has 1 aromatic heterocycles. The van der Waals surface area contributed by atoms with E-state index >= 15 is 0 Å². The van der Waals surface area contributed by atoms with Gasteiger partial charge in [-0.2, -0.15) is 0 Å². The molecule has 4 nitrogen and oxygen atoms in total. The molecule has 0 amide bonds. The third kappa shape index (κ3) is 3.42.